The van der Waals surface area contributed by atoms with Crippen molar-refractivity contribution in [1.82, 2.24) is 10.2 Å². The number of hydrogen-bond acceptors (Lipinski definition) is 3. The maximum Gasteiger partial charge on any atom is 0.317 e. The number of methoxy groups -OCH3 is 1. The monoisotopic (exact) mass is 300 g/mol. The molecule has 0 radical (unpaired) electrons. The first kappa shape index (κ1) is 17.8. The summed E-state index contributed by atoms with van der Waals surface area (Å²) in [5, 5.41) is 11.8. The molecule has 21 heavy (non-hydrogen) atoms. The summed E-state index contributed by atoms with van der Waals surface area (Å²) in [6.45, 7) is 5.88. The van der Waals surface area contributed by atoms with E-state index in [2.05, 4.69) is 19.2 Å². The van der Waals surface area contributed by atoms with Gasteiger partial charge in [-0.1, -0.05) is 13.8 Å². The van der Waals surface area contributed by atoms with Crippen LogP contribution in [0.2, 0.25) is 0 Å². The Morgan fingerprint density at radius 2 is 2.14 bits per heavy atom. The Morgan fingerprint density at radius 3 is 2.71 bits per heavy atom. The van der Waals surface area contributed by atoms with E-state index in [0.717, 1.165) is 25.8 Å². The number of ether oxygens (including phenoxy) is 1. The molecular formula is C15H28N2O4. The van der Waals surface area contributed by atoms with E-state index >= 15 is 0 Å². The second-order valence-corrected chi connectivity index (χ2v) is 6.23. The number of hydrogen-bond donors (Lipinski definition) is 2. The van der Waals surface area contributed by atoms with Crippen molar-refractivity contribution in [3.05, 3.63) is 0 Å². The lowest BCUT2D eigenvalue weighted by molar-refractivity contribution is -0.138. The molecule has 1 saturated heterocycles. The summed E-state index contributed by atoms with van der Waals surface area (Å²) in [6, 6.07) is -0.115. The third-order valence-corrected chi connectivity index (χ3v) is 3.81. The molecule has 0 spiro atoms. The molecule has 2 N–H and O–H groups in total. The van der Waals surface area contributed by atoms with Gasteiger partial charge in [-0.15, -0.1) is 0 Å². The molecule has 6 nitrogen and oxygen atoms in total. The fraction of sp³-hybridized carbons (Fsp3) is 0.867. The molecule has 2 amide bonds. The highest BCUT2D eigenvalue weighted by atomic mass is 16.5. The van der Waals surface area contributed by atoms with Gasteiger partial charge in [0.1, 0.15) is 0 Å². The Labute approximate surface area is 126 Å². The van der Waals surface area contributed by atoms with Crippen molar-refractivity contribution in [3.8, 4) is 0 Å². The Morgan fingerprint density at radius 1 is 1.43 bits per heavy atom. The van der Waals surface area contributed by atoms with Crippen molar-refractivity contribution in [2.24, 2.45) is 11.8 Å². The quantitative estimate of drug-likeness (QED) is 0.753. The summed E-state index contributed by atoms with van der Waals surface area (Å²) in [5.41, 5.74) is 0. The van der Waals surface area contributed by atoms with Gasteiger partial charge in [0.15, 0.2) is 0 Å². The number of aliphatic carboxylic acids is 1. The van der Waals surface area contributed by atoms with Crippen LogP contribution in [0.25, 0.3) is 0 Å². The number of piperidine rings is 1. The molecule has 0 aromatic heterocycles. The SMILES string of the molecule is COC1CCCN(C(=O)NCC(CC(=O)O)CC(C)C)C1. The minimum Gasteiger partial charge on any atom is -0.481 e. The number of carboxylic acid groups (broad SMARTS) is 1. The highest BCUT2D eigenvalue weighted by molar-refractivity contribution is 5.74. The molecule has 0 aliphatic carbocycles. The summed E-state index contributed by atoms with van der Waals surface area (Å²) in [4.78, 5) is 24.8. The number of carbonyl (C=O) groups excluding carboxylic acids is 1. The zero-order chi connectivity index (χ0) is 15.8. The summed E-state index contributed by atoms with van der Waals surface area (Å²) in [7, 11) is 1.66. The number of amides is 2. The highest BCUT2D eigenvalue weighted by Crippen LogP contribution is 2.16. The second-order valence-electron chi connectivity index (χ2n) is 6.23. The van der Waals surface area contributed by atoms with Crippen molar-refractivity contribution in [1.29, 1.82) is 0 Å². The summed E-state index contributed by atoms with van der Waals surface area (Å²) >= 11 is 0. The molecule has 122 valence electrons. The van der Waals surface area contributed by atoms with Crippen LogP contribution in [0, 0.1) is 11.8 Å². The molecule has 0 bridgehead atoms. The molecule has 0 aromatic rings. The molecule has 2 atom stereocenters. The van der Waals surface area contributed by atoms with E-state index < -0.39 is 5.97 Å². The Hall–Kier alpha value is -1.30. The van der Waals surface area contributed by atoms with E-state index in [-0.39, 0.29) is 24.5 Å². The number of urea groups is 1. The molecule has 1 aliphatic rings. The lowest BCUT2D eigenvalue weighted by Gasteiger charge is -2.32. The van der Waals surface area contributed by atoms with E-state index in [0.29, 0.717) is 19.0 Å². The Kier molecular flexibility index (Phi) is 7.50. The van der Waals surface area contributed by atoms with Crippen molar-refractivity contribution >= 4 is 12.0 Å². The molecule has 0 saturated carbocycles. The van der Waals surface area contributed by atoms with Crippen LogP contribution in [0.5, 0.6) is 0 Å². The molecule has 0 aromatic carbocycles. The number of nitrogens with zero attached hydrogens (tertiary/aromatic N) is 1. The number of nitrogens with one attached hydrogen (secondary N) is 1. The van der Waals surface area contributed by atoms with E-state index in [1.54, 1.807) is 12.0 Å². The average Bonchev–Trinajstić information content (AvgIpc) is 2.43. The van der Waals surface area contributed by atoms with E-state index in [4.69, 9.17) is 9.84 Å². The standard InChI is InChI=1S/C15H28N2O4/c1-11(2)7-12(8-14(18)19)9-16-15(20)17-6-4-5-13(10-17)21-3/h11-13H,4-10H2,1-3H3,(H,16,20)(H,18,19). The van der Waals surface area contributed by atoms with E-state index in [9.17, 15) is 9.59 Å². The van der Waals surface area contributed by atoms with Crippen molar-refractivity contribution in [2.75, 3.05) is 26.7 Å². The van der Waals surface area contributed by atoms with Crippen LogP contribution in [0.3, 0.4) is 0 Å². The Balaban J connectivity index is 2.42. The number of rotatable bonds is 7. The summed E-state index contributed by atoms with van der Waals surface area (Å²) in [6.07, 6.45) is 2.92. The average molecular weight is 300 g/mol. The van der Waals surface area contributed by atoms with Gasteiger partial charge < -0.3 is 20.1 Å². The minimum atomic E-state index is -0.813. The van der Waals surface area contributed by atoms with Gasteiger partial charge in [-0.25, -0.2) is 4.79 Å². The van der Waals surface area contributed by atoms with E-state index in [1.807, 2.05) is 0 Å². The van der Waals surface area contributed by atoms with Crippen LogP contribution >= 0.6 is 0 Å². The fourth-order valence-corrected chi connectivity index (χ4v) is 2.81. The van der Waals surface area contributed by atoms with Gasteiger partial charge in [0.2, 0.25) is 0 Å². The zero-order valence-electron chi connectivity index (χ0n) is 13.3. The molecule has 1 aliphatic heterocycles. The molecule has 6 heteroatoms. The topological polar surface area (TPSA) is 78.9 Å². The van der Waals surface area contributed by atoms with Crippen molar-refractivity contribution in [3.63, 3.8) is 0 Å². The van der Waals surface area contributed by atoms with Gasteiger partial charge in [-0.3, -0.25) is 4.79 Å². The zero-order valence-corrected chi connectivity index (χ0v) is 13.3. The molecular weight excluding hydrogens is 272 g/mol. The third kappa shape index (κ3) is 6.80. The van der Waals surface area contributed by atoms with Crippen LogP contribution in [-0.4, -0.2) is 54.9 Å². The van der Waals surface area contributed by atoms with Crippen LogP contribution in [0.4, 0.5) is 4.79 Å². The minimum absolute atomic E-state index is 0.0190. The third-order valence-electron chi connectivity index (χ3n) is 3.81. The van der Waals surface area contributed by atoms with Crippen LogP contribution in [-0.2, 0) is 9.53 Å². The molecule has 2 unspecified atom stereocenters. The van der Waals surface area contributed by atoms with E-state index in [1.165, 1.54) is 0 Å². The first-order valence-corrected chi connectivity index (χ1v) is 7.69. The van der Waals surface area contributed by atoms with Gasteiger partial charge in [-0.2, -0.15) is 0 Å². The van der Waals surface area contributed by atoms with Gasteiger partial charge >= 0.3 is 12.0 Å². The van der Waals surface area contributed by atoms with Crippen molar-refractivity contribution < 1.29 is 19.4 Å². The number of carboxylic acids is 1. The maximum absolute atomic E-state index is 12.1. The lowest BCUT2D eigenvalue weighted by Crippen LogP contribution is -2.48. The van der Waals surface area contributed by atoms with Crippen LogP contribution in [0.1, 0.15) is 39.5 Å². The van der Waals surface area contributed by atoms with Gasteiger partial charge in [-0.05, 0) is 31.1 Å². The number of likely N-dealkylation sites (tertiary alicyclic amines) is 1. The van der Waals surface area contributed by atoms with Crippen molar-refractivity contribution in [2.45, 2.75) is 45.6 Å². The van der Waals surface area contributed by atoms with Gasteiger partial charge in [0.05, 0.1) is 6.10 Å². The lowest BCUT2D eigenvalue weighted by atomic mass is 9.94. The van der Waals surface area contributed by atoms with Gasteiger partial charge in [0.25, 0.3) is 0 Å². The Bertz CT molecular complexity index is 347. The molecule has 1 fully saturated rings. The highest BCUT2D eigenvalue weighted by Gasteiger charge is 2.24. The number of carbonyl (C=O) groups is 2. The van der Waals surface area contributed by atoms with Gasteiger partial charge in [0, 0.05) is 33.2 Å². The molecule has 1 rings (SSSR count). The first-order chi connectivity index (χ1) is 9.92. The predicted octanol–water partition coefficient (Wildman–Crippen LogP) is 1.94. The largest absolute Gasteiger partial charge is 0.481 e. The van der Waals surface area contributed by atoms with Crippen LogP contribution < -0.4 is 5.32 Å². The smallest absolute Gasteiger partial charge is 0.317 e. The maximum atomic E-state index is 12.1. The molecule has 1 heterocycles. The fourth-order valence-electron chi connectivity index (χ4n) is 2.81. The van der Waals surface area contributed by atoms with Crippen LogP contribution in [0.15, 0.2) is 0 Å². The normalized spacial score (nSPS) is 20.4. The predicted molar refractivity (Wildman–Crippen MR) is 80.2 cm³/mol. The second kappa shape index (κ2) is 8.87. The summed E-state index contributed by atoms with van der Waals surface area (Å²) in [5.74, 6) is -0.416. The first-order valence-electron chi connectivity index (χ1n) is 7.69. The summed E-state index contributed by atoms with van der Waals surface area (Å²) < 4.78 is 5.30.